The van der Waals surface area contributed by atoms with Gasteiger partial charge in [0.15, 0.2) is 0 Å². The number of nitrogens with zero attached hydrogens (tertiary/aromatic N) is 1. The van der Waals surface area contributed by atoms with Crippen LogP contribution in [0.1, 0.15) is 5.69 Å². The van der Waals surface area contributed by atoms with Gasteiger partial charge in [0.05, 0.1) is 15.2 Å². The number of aromatic nitrogens is 1. The van der Waals surface area contributed by atoms with Crippen molar-refractivity contribution >= 4 is 27.5 Å². The maximum atomic E-state index is 11.9. The number of hydrogen-bond donors (Lipinski definition) is 1. The van der Waals surface area contributed by atoms with Gasteiger partial charge in [0.2, 0.25) is 5.88 Å². The van der Waals surface area contributed by atoms with Crippen LogP contribution in [-0.2, 0) is 6.54 Å². The van der Waals surface area contributed by atoms with Gasteiger partial charge in [0, 0.05) is 12.6 Å². The molecule has 2 N–H and O–H groups in total. The molecule has 0 fully saturated rings. The van der Waals surface area contributed by atoms with Gasteiger partial charge in [-0.15, -0.1) is 13.2 Å². The fourth-order valence-corrected chi connectivity index (χ4v) is 1.40. The summed E-state index contributed by atoms with van der Waals surface area (Å²) >= 11 is 8.68. The quantitative estimate of drug-likeness (QED) is 0.914. The monoisotopic (exact) mass is 304 g/mol. The molecule has 84 valence electrons. The zero-order valence-corrected chi connectivity index (χ0v) is 9.45. The van der Waals surface area contributed by atoms with Gasteiger partial charge in [-0.2, -0.15) is 0 Å². The van der Waals surface area contributed by atoms with Gasteiger partial charge in [0.25, 0.3) is 0 Å². The molecule has 0 aliphatic rings. The van der Waals surface area contributed by atoms with Crippen molar-refractivity contribution in [2.75, 3.05) is 0 Å². The van der Waals surface area contributed by atoms with Crippen LogP contribution in [0.3, 0.4) is 0 Å². The lowest BCUT2D eigenvalue weighted by Crippen LogP contribution is -2.18. The van der Waals surface area contributed by atoms with Crippen LogP contribution in [-0.4, -0.2) is 11.3 Å². The minimum absolute atomic E-state index is 0.0463. The predicted octanol–water partition coefficient (Wildman–Crippen LogP) is 2.85. The Morgan fingerprint density at radius 1 is 1.53 bits per heavy atom. The smallest absolute Gasteiger partial charge is 0.388 e. The first-order chi connectivity index (χ1) is 6.83. The van der Waals surface area contributed by atoms with Crippen LogP contribution in [0.15, 0.2) is 10.5 Å². The standard InChI is InChI=1S/C7H5BrClF3N2O/c8-6-3(9)1-5(14-4(6)2-13)15-7(10,11)12/h1H,2,13H2. The van der Waals surface area contributed by atoms with Crippen molar-refractivity contribution in [3.05, 3.63) is 21.3 Å². The molecular weight excluding hydrogens is 300 g/mol. The summed E-state index contributed by atoms with van der Waals surface area (Å²) < 4.78 is 39.6. The molecule has 0 atom stereocenters. The van der Waals surface area contributed by atoms with E-state index < -0.39 is 12.2 Å². The zero-order chi connectivity index (χ0) is 11.6. The largest absolute Gasteiger partial charge is 0.574 e. The summed E-state index contributed by atoms with van der Waals surface area (Å²) in [6.07, 6.45) is -4.80. The van der Waals surface area contributed by atoms with E-state index in [-0.39, 0.29) is 17.3 Å². The number of halogens is 5. The van der Waals surface area contributed by atoms with Gasteiger partial charge < -0.3 is 10.5 Å². The summed E-state index contributed by atoms with van der Waals surface area (Å²) in [6.45, 7) is -0.0463. The Kier molecular flexibility index (Phi) is 3.80. The van der Waals surface area contributed by atoms with Gasteiger partial charge in [0.1, 0.15) is 0 Å². The number of alkyl halides is 3. The first-order valence-corrected chi connectivity index (χ1v) is 4.81. The number of pyridine rings is 1. The van der Waals surface area contributed by atoms with Gasteiger partial charge in [-0.1, -0.05) is 11.6 Å². The fourth-order valence-electron chi connectivity index (χ4n) is 0.830. The highest BCUT2D eigenvalue weighted by Crippen LogP contribution is 2.30. The molecule has 1 aromatic rings. The average molecular weight is 305 g/mol. The topological polar surface area (TPSA) is 48.1 Å². The Bertz CT molecular complexity index is 372. The van der Waals surface area contributed by atoms with Gasteiger partial charge in [-0.3, -0.25) is 0 Å². The lowest BCUT2D eigenvalue weighted by atomic mass is 10.3. The van der Waals surface area contributed by atoms with E-state index in [2.05, 4.69) is 25.7 Å². The Hall–Kier alpha value is -0.530. The van der Waals surface area contributed by atoms with Crippen LogP contribution in [0, 0.1) is 0 Å². The number of nitrogens with two attached hydrogens (primary N) is 1. The average Bonchev–Trinajstić information content (AvgIpc) is 2.08. The SMILES string of the molecule is NCc1nc(OC(F)(F)F)cc(Cl)c1Br. The maximum absolute atomic E-state index is 11.9. The van der Waals surface area contributed by atoms with Crippen LogP contribution in [0.2, 0.25) is 5.02 Å². The van der Waals surface area contributed by atoms with Crippen molar-refractivity contribution in [1.82, 2.24) is 4.98 Å². The molecular formula is C7H5BrClF3N2O. The normalized spacial score (nSPS) is 11.6. The second-order valence-electron chi connectivity index (χ2n) is 2.45. The number of ether oxygens (including phenoxy) is 1. The third-order valence-electron chi connectivity index (χ3n) is 1.37. The highest BCUT2D eigenvalue weighted by atomic mass is 79.9. The first-order valence-electron chi connectivity index (χ1n) is 3.64. The second-order valence-corrected chi connectivity index (χ2v) is 3.66. The first kappa shape index (κ1) is 12.5. The molecule has 0 unspecified atom stereocenters. The minimum atomic E-state index is -4.80. The zero-order valence-electron chi connectivity index (χ0n) is 7.11. The maximum Gasteiger partial charge on any atom is 0.574 e. The molecule has 0 aliphatic heterocycles. The Balaban J connectivity index is 3.06. The Morgan fingerprint density at radius 2 is 2.13 bits per heavy atom. The van der Waals surface area contributed by atoms with Crippen molar-refractivity contribution in [1.29, 1.82) is 0 Å². The second kappa shape index (κ2) is 4.54. The fraction of sp³-hybridized carbons (Fsp3) is 0.286. The molecule has 0 aromatic carbocycles. The molecule has 15 heavy (non-hydrogen) atoms. The van der Waals surface area contributed by atoms with E-state index in [1.807, 2.05) is 0 Å². The Morgan fingerprint density at radius 3 is 2.60 bits per heavy atom. The van der Waals surface area contributed by atoms with E-state index >= 15 is 0 Å². The molecule has 0 amide bonds. The van der Waals surface area contributed by atoms with Gasteiger partial charge >= 0.3 is 6.36 Å². The molecule has 0 aliphatic carbocycles. The summed E-state index contributed by atoms with van der Waals surface area (Å²) in [5.41, 5.74) is 5.46. The lowest BCUT2D eigenvalue weighted by molar-refractivity contribution is -0.276. The molecule has 3 nitrogen and oxygen atoms in total. The molecule has 8 heteroatoms. The van der Waals surface area contributed by atoms with Crippen LogP contribution in [0.5, 0.6) is 5.88 Å². The van der Waals surface area contributed by atoms with Crippen LogP contribution >= 0.6 is 27.5 Å². The van der Waals surface area contributed by atoms with Gasteiger partial charge in [-0.25, -0.2) is 4.98 Å². The molecule has 0 bridgehead atoms. The van der Waals surface area contributed by atoms with Crippen molar-refractivity contribution in [2.45, 2.75) is 12.9 Å². The van der Waals surface area contributed by atoms with Crippen LogP contribution < -0.4 is 10.5 Å². The van der Waals surface area contributed by atoms with Crippen molar-refractivity contribution in [3.8, 4) is 5.88 Å². The summed E-state index contributed by atoms with van der Waals surface area (Å²) in [4.78, 5) is 3.54. The third-order valence-corrected chi connectivity index (χ3v) is 2.78. The summed E-state index contributed by atoms with van der Waals surface area (Å²) in [5.74, 6) is -0.629. The molecule has 0 radical (unpaired) electrons. The van der Waals surface area contributed by atoms with Crippen molar-refractivity contribution < 1.29 is 17.9 Å². The summed E-state index contributed by atoms with van der Waals surface area (Å²) in [5, 5.41) is 0.0599. The van der Waals surface area contributed by atoms with E-state index in [0.29, 0.717) is 4.47 Å². The van der Waals surface area contributed by atoms with Gasteiger partial charge in [-0.05, 0) is 15.9 Å². The highest BCUT2D eigenvalue weighted by molar-refractivity contribution is 9.10. The van der Waals surface area contributed by atoms with E-state index in [9.17, 15) is 13.2 Å². The Labute approximate surface area is 96.5 Å². The van der Waals surface area contributed by atoms with E-state index in [1.165, 1.54) is 0 Å². The van der Waals surface area contributed by atoms with Crippen molar-refractivity contribution in [2.24, 2.45) is 5.73 Å². The van der Waals surface area contributed by atoms with E-state index in [0.717, 1.165) is 6.07 Å². The minimum Gasteiger partial charge on any atom is -0.388 e. The van der Waals surface area contributed by atoms with Crippen molar-refractivity contribution in [3.63, 3.8) is 0 Å². The van der Waals surface area contributed by atoms with E-state index in [4.69, 9.17) is 17.3 Å². The highest BCUT2D eigenvalue weighted by Gasteiger charge is 2.32. The molecule has 1 rings (SSSR count). The third kappa shape index (κ3) is 3.51. The van der Waals surface area contributed by atoms with Crippen LogP contribution in [0.25, 0.3) is 0 Å². The molecule has 0 saturated carbocycles. The number of rotatable bonds is 2. The van der Waals surface area contributed by atoms with Crippen LogP contribution in [0.4, 0.5) is 13.2 Å². The summed E-state index contributed by atoms with van der Waals surface area (Å²) in [6, 6.07) is 0.957. The summed E-state index contributed by atoms with van der Waals surface area (Å²) in [7, 11) is 0. The molecule has 0 spiro atoms. The predicted molar refractivity (Wildman–Crippen MR) is 51.5 cm³/mol. The lowest BCUT2D eigenvalue weighted by Gasteiger charge is -2.10. The molecule has 1 heterocycles. The molecule has 0 saturated heterocycles. The number of hydrogen-bond acceptors (Lipinski definition) is 3. The molecule has 1 aromatic heterocycles. The van der Waals surface area contributed by atoms with E-state index in [1.54, 1.807) is 0 Å².